The Balaban J connectivity index is 1.46. The van der Waals surface area contributed by atoms with Crippen molar-refractivity contribution in [3.8, 4) is 28.5 Å². The van der Waals surface area contributed by atoms with Crippen molar-refractivity contribution < 1.29 is 19.0 Å². The highest BCUT2D eigenvalue weighted by molar-refractivity contribution is 6.27. The van der Waals surface area contributed by atoms with Gasteiger partial charge in [-0.05, 0) is 50.3 Å². The van der Waals surface area contributed by atoms with Gasteiger partial charge in [-0.1, -0.05) is 0 Å². The molecule has 1 aromatic heterocycles. The summed E-state index contributed by atoms with van der Waals surface area (Å²) in [5.74, 6) is 1.67. The summed E-state index contributed by atoms with van der Waals surface area (Å²) >= 11 is 0. The maximum absolute atomic E-state index is 13.8. The second kappa shape index (κ2) is 8.14. The summed E-state index contributed by atoms with van der Waals surface area (Å²) < 4.78 is 18.2. The van der Waals surface area contributed by atoms with Crippen molar-refractivity contribution >= 4 is 16.6 Å². The van der Waals surface area contributed by atoms with Gasteiger partial charge in [0.25, 0.3) is 5.56 Å². The summed E-state index contributed by atoms with van der Waals surface area (Å²) in [7, 11) is 3.72. The van der Waals surface area contributed by atoms with Crippen molar-refractivity contribution in [2.45, 2.75) is 13.0 Å². The van der Waals surface area contributed by atoms with E-state index in [9.17, 15) is 9.59 Å². The van der Waals surface area contributed by atoms with Crippen LogP contribution in [0.15, 0.2) is 35.1 Å². The van der Waals surface area contributed by atoms with E-state index in [1.165, 1.54) is 0 Å². The van der Waals surface area contributed by atoms with Gasteiger partial charge in [0.05, 0.1) is 23.8 Å². The van der Waals surface area contributed by atoms with Crippen LogP contribution < -0.4 is 19.8 Å². The number of pyridine rings is 1. The summed E-state index contributed by atoms with van der Waals surface area (Å²) in [6.45, 7) is 5.75. The third kappa shape index (κ3) is 3.28. The van der Waals surface area contributed by atoms with Gasteiger partial charge >= 0.3 is 0 Å². The van der Waals surface area contributed by atoms with Gasteiger partial charge in [0.2, 0.25) is 6.79 Å². The van der Waals surface area contributed by atoms with Gasteiger partial charge in [-0.25, -0.2) is 0 Å². The maximum atomic E-state index is 13.8. The molecule has 1 fully saturated rings. The number of carbonyl (C=O) groups is 1. The van der Waals surface area contributed by atoms with Crippen LogP contribution in [0.3, 0.4) is 0 Å². The third-order valence-corrected chi connectivity index (χ3v) is 7.17. The highest BCUT2D eigenvalue weighted by Crippen LogP contribution is 2.46. The second-order valence-electron chi connectivity index (χ2n) is 9.17. The highest BCUT2D eigenvalue weighted by atomic mass is 16.7. The fraction of sp³-hybridized carbons (Fsp3) is 0.385. The molecule has 0 spiro atoms. The average molecular weight is 462 g/mol. The number of nitrogens with zero attached hydrogens (tertiary/aromatic N) is 3. The molecule has 8 heteroatoms. The zero-order valence-electron chi connectivity index (χ0n) is 19.4. The van der Waals surface area contributed by atoms with Crippen LogP contribution in [-0.4, -0.2) is 73.8 Å². The molecule has 0 atom stereocenters. The number of rotatable bonds is 5. The minimum atomic E-state index is -0.107. The molecule has 0 unspecified atom stereocenters. The Kier molecular flexibility index (Phi) is 5.08. The highest BCUT2D eigenvalue weighted by Gasteiger charge is 2.35. The maximum Gasteiger partial charge on any atom is 0.259 e. The van der Waals surface area contributed by atoms with Gasteiger partial charge in [0.1, 0.15) is 5.75 Å². The first kappa shape index (κ1) is 21.2. The largest absolute Gasteiger partial charge is 0.497 e. The van der Waals surface area contributed by atoms with E-state index in [0.29, 0.717) is 51.4 Å². The van der Waals surface area contributed by atoms with E-state index in [2.05, 4.69) is 16.8 Å². The Morgan fingerprint density at radius 1 is 0.912 bits per heavy atom. The molecule has 0 N–H and O–H groups in total. The third-order valence-electron chi connectivity index (χ3n) is 7.17. The molecule has 3 aromatic rings. The molecule has 0 amide bonds. The number of ketones is 1. The first-order valence-corrected chi connectivity index (χ1v) is 11.7. The number of benzene rings is 2. The van der Waals surface area contributed by atoms with Crippen LogP contribution in [0.4, 0.5) is 0 Å². The lowest BCUT2D eigenvalue weighted by molar-refractivity contribution is 0.104. The standard InChI is InChI=1S/C26H27N3O5/c1-27-8-10-28(11-9-27)6-3-7-29-24-18-13-21-22(34-15-33-21)14-19(18)25(30)23(24)17-5-4-16(32-2)12-20(17)26(29)31/h4-5,12-14H,3,6-11,15H2,1-2H3. The molecule has 2 aliphatic heterocycles. The Morgan fingerprint density at radius 2 is 1.65 bits per heavy atom. The number of carbonyl (C=O) groups excluding carboxylic acids is 1. The van der Waals surface area contributed by atoms with E-state index in [1.807, 2.05) is 12.1 Å². The van der Waals surface area contributed by atoms with Gasteiger partial charge in [-0.15, -0.1) is 0 Å². The van der Waals surface area contributed by atoms with E-state index in [4.69, 9.17) is 14.2 Å². The zero-order chi connectivity index (χ0) is 23.4. The first-order valence-electron chi connectivity index (χ1n) is 11.7. The van der Waals surface area contributed by atoms with Gasteiger partial charge in [-0.2, -0.15) is 0 Å². The van der Waals surface area contributed by atoms with Gasteiger partial charge in [0.15, 0.2) is 17.3 Å². The Bertz CT molecular complexity index is 1370. The number of likely N-dealkylation sites (N-methyl/N-ethyl adjacent to an activating group) is 1. The van der Waals surface area contributed by atoms with Crippen LogP contribution in [0, 0.1) is 0 Å². The summed E-state index contributed by atoms with van der Waals surface area (Å²) in [6.07, 6.45) is 0.819. The minimum absolute atomic E-state index is 0.0914. The van der Waals surface area contributed by atoms with Crippen LogP contribution in [0.2, 0.25) is 0 Å². The molecule has 0 radical (unpaired) electrons. The molecule has 34 heavy (non-hydrogen) atoms. The quantitative estimate of drug-likeness (QED) is 0.452. The average Bonchev–Trinajstić information content (AvgIpc) is 3.43. The fourth-order valence-corrected chi connectivity index (χ4v) is 5.26. The Hall–Kier alpha value is -3.36. The van der Waals surface area contributed by atoms with E-state index < -0.39 is 0 Å². The van der Waals surface area contributed by atoms with E-state index in [-0.39, 0.29) is 18.1 Å². The molecule has 2 aromatic carbocycles. The smallest absolute Gasteiger partial charge is 0.259 e. The minimum Gasteiger partial charge on any atom is -0.497 e. The molecule has 3 heterocycles. The molecule has 3 aliphatic rings. The van der Waals surface area contributed by atoms with Crippen molar-refractivity contribution in [1.82, 2.24) is 14.4 Å². The predicted octanol–water partition coefficient (Wildman–Crippen LogP) is 2.59. The molecule has 1 aliphatic carbocycles. The summed E-state index contributed by atoms with van der Waals surface area (Å²) in [6, 6.07) is 8.93. The van der Waals surface area contributed by atoms with Crippen molar-refractivity contribution in [3.63, 3.8) is 0 Å². The number of fused-ring (bicyclic) bond motifs is 6. The van der Waals surface area contributed by atoms with Crippen LogP contribution in [-0.2, 0) is 6.54 Å². The number of methoxy groups -OCH3 is 1. The zero-order valence-corrected chi connectivity index (χ0v) is 19.4. The van der Waals surface area contributed by atoms with Crippen LogP contribution >= 0.6 is 0 Å². The number of piperazine rings is 1. The summed E-state index contributed by atoms with van der Waals surface area (Å²) in [5.41, 5.74) is 2.42. The number of hydrogen-bond acceptors (Lipinski definition) is 7. The van der Waals surface area contributed by atoms with Crippen molar-refractivity contribution in [3.05, 3.63) is 51.8 Å². The van der Waals surface area contributed by atoms with Gasteiger partial charge in [-0.3, -0.25) is 9.59 Å². The monoisotopic (exact) mass is 461 g/mol. The SMILES string of the molecule is COc1ccc2c3c(n(CCCN4CCN(C)CC4)c(=O)c2c1)-c1cc2c(cc1C3=O)OCO2. The molecular weight excluding hydrogens is 434 g/mol. The molecule has 0 bridgehead atoms. The second-order valence-corrected chi connectivity index (χ2v) is 9.17. The van der Waals surface area contributed by atoms with Gasteiger partial charge < -0.3 is 28.6 Å². The van der Waals surface area contributed by atoms with E-state index >= 15 is 0 Å². The normalized spacial score (nSPS) is 17.3. The molecule has 1 saturated heterocycles. The van der Waals surface area contributed by atoms with Crippen molar-refractivity contribution in [1.29, 1.82) is 0 Å². The van der Waals surface area contributed by atoms with Gasteiger partial charge in [0, 0.05) is 49.2 Å². The molecular formula is C26H27N3O5. The van der Waals surface area contributed by atoms with E-state index in [0.717, 1.165) is 44.7 Å². The Morgan fingerprint density at radius 3 is 2.38 bits per heavy atom. The molecule has 176 valence electrons. The number of hydrogen-bond donors (Lipinski definition) is 0. The van der Waals surface area contributed by atoms with E-state index in [1.54, 1.807) is 29.9 Å². The topological polar surface area (TPSA) is 73.2 Å². The molecule has 8 nitrogen and oxygen atoms in total. The first-order chi connectivity index (χ1) is 16.5. The number of aromatic nitrogens is 1. The van der Waals surface area contributed by atoms with Crippen molar-refractivity contribution in [2.24, 2.45) is 0 Å². The molecule has 0 saturated carbocycles. The lowest BCUT2D eigenvalue weighted by Gasteiger charge is -2.32. The predicted molar refractivity (Wildman–Crippen MR) is 128 cm³/mol. The lowest BCUT2D eigenvalue weighted by atomic mass is 10.0. The summed E-state index contributed by atoms with van der Waals surface area (Å²) in [4.78, 5) is 32.1. The van der Waals surface area contributed by atoms with Crippen LogP contribution in [0.25, 0.3) is 22.0 Å². The fourth-order valence-electron chi connectivity index (χ4n) is 5.26. The summed E-state index contributed by atoms with van der Waals surface area (Å²) in [5, 5.41) is 1.15. The lowest BCUT2D eigenvalue weighted by Crippen LogP contribution is -2.44. The Labute approximate surface area is 197 Å². The number of ether oxygens (including phenoxy) is 3. The van der Waals surface area contributed by atoms with Crippen LogP contribution in [0.5, 0.6) is 17.2 Å². The molecule has 6 rings (SSSR count). The van der Waals surface area contributed by atoms with Crippen LogP contribution in [0.1, 0.15) is 22.3 Å². The van der Waals surface area contributed by atoms with Crippen molar-refractivity contribution in [2.75, 3.05) is 53.7 Å².